The number of unbranched alkanes of at least 4 members (excludes halogenated alkanes) is 4. The second-order valence-electron chi connectivity index (χ2n) is 8.71. The minimum absolute atomic E-state index is 0.233. The number of urea groups is 1. The van der Waals surface area contributed by atoms with Crippen LogP contribution in [0, 0.1) is 0 Å². The van der Waals surface area contributed by atoms with Crippen molar-refractivity contribution in [3.05, 3.63) is 48.0 Å². The zero-order valence-electron chi connectivity index (χ0n) is 18.7. The lowest BCUT2D eigenvalue weighted by Crippen LogP contribution is -2.45. The van der Waals surface area contributed by atoms with Crippen LogP contribution in [0.15, 0.2) is 42.5 Å². The van der Waals surface area contributed by atoms with Crippen molar-refractivity contribution in [1.82, 2.24) is 15.5 Å². The summed E-state index contributed by atoms with van der Waals surface area (Å²) < 4.78 is 0. The standard InChI is InChI=1S/C25H33N3O3/c1-4-5-6-7-10-15-25(3)23(30)28(24(31)27-25)17-22(29)26-18(2)20-14-13-19-11-8-9-12-21(19)16-20/h8-9,11-14,16,18H,4-7,10,15,17H2,1-3H3,(H,26,29)(H,27,31)/t18-,25+/m1/s1. The van der Waals surface area contributed by atoms with Crippen molar-refractivity contribution in [2.75, 3.05) is 6.54 Å². The largest absolute Gasteiger partial charge is 0.348 e. The number of imide groups is 1. The fourth-order valence-corrected chi connectivity index (χ4v) is 4.13. The van der Waals surface area contributed by atoms with E-state index in [1.54, 1.807) is 6.92 Å². The van der Waals surface area contributed by atoms with Crippen molar-refractivity contribution in [1.29, 1.82) is 0 Å². The number of rotatable bonds is 10. The van der Waals surface area contributed by atoms with E-state index in [0.717, 1.165) is 46.9 Å². The van der Waals surface area contributed by atoms with Gasteiger partial charge in [-0.1, -0.05) is 75.4 Å². The fourth-order valence-electron chi connectivity index (χ4n) is 4.13. The number of nitrogens with zero attached hydrogens (tertiary/aromatic N) is 1. The number of carbonyl (C=O) groups excluding carboxylic acids is 3. The summed E-state index contributed by atoms with van der Waals surface area (Å²) in [6.45, 7) is 5.54. The summed E-state index contributed by atoms with van der Waals surface area (Å²) >= 11 is 0. The van der Waals surface area contributed by atoms with Crippen LogP contribution >= 0.6 is 0 Å². The molecule has 1 aliphatic heterocycles. The molecule has 4 amide bonds. The van der Waals surface area contributed by atoms with Gasteiger partial charge in [0.25, 0.3) is 5.91 Å². The predicted octanol–water partition coefficient (Wildman–Crippen LogP) is 4.69. The summed E-state index contributed by atoms with van der Waals surface area (Å²) in [5.41, 5.74) is 0.0502. The molecule has 0 saturated carbocycles. The van der Waals surface area contributed by atoms with Gasteiger partial charge in [-0.2, -0.15) is 0 Å². The van der Waals surface area contributed by atoms with Gasteiger partial charge in [-0.05, 0) is 42.7 Å². The Hall–Kier alpha value is -2.89. The Morgan fingerprint density at radius 2 is 1.77 bits per heavy atom. The molecule has 6 heteroatoms. The van der Waals surface area contributed by atoms with E-state index in [1.165, 1.54) is 6.42 Å². The highest BCUT2D eigenvalue weighted by atomic mass is 16.2. The monoisotopic (exact) mass is 423 g/mol. The van der Waals surface area contributed by atoms with Crippen LogP contribution in [0.2, 0.25) is 0 Å². The molecule has 1 saturated heterocycles. The maximum atomic E-state index is 12.9. The van der Waals surface area contributed by atoms with E-state index in [2.05, 4.69) is 17.6 Å². The van der Waals surface area contributed by atoms with E-state index in [-0.39, 0.29) is 24.4 Å². The number of benzene rings is 2. The normalized spacial score (nSPS) is 19.5. The van der Waals surface area contributed by atoms with E-state index < -0.39 is 11.6 Å². The molecule has 0 radical (unpaired) electrons. The van der Waals surface area contributed by atoms with Gasteiger partial charge in [-0.15, -0.1) is 0 Å². The highest BCUT2D eigenvalue weighted by molar-refractivity contribution is 6.08. The van der Waals surface area contributed by atoms with Crippen LogP contribution in [-0.2, 0) is 9.59 Å². The van der Waals surface area contributed by atoms with E-state index in [1.807, 2.05) is 49.4 Å². The summed E-state index contributed by atoms with van der Waals surface area (Å²) in [5, 5.41) is 7.94. The van der Waals surface area contributed by atoms with E-state index in [4.69, 9.17) is 0 Å². The molecule has 3 rings (SSSR count). The van der Waals surface area contributed by atoms with E-state index >= 15 is 0 Å². The Morgan fingerprint density at radius 3 is 2.52 bits per heavy atom. The lowest BCUT2D eigenvalue weighted by molar-refractivity contribution is -0.135. The number of hydrogen-bond acceptors (Lipinski definition) is 3. The molecule has 0 bridgehead atoms. The molecule has 2 aromatic rings. The number of fused-ring (bicyclic) bond motifs is 1. The first kappa shape index (κ1) is 22.8. The van der Waals surface area contributed by atoms with Gasteiger partial charge < -0.3 is 10.6 Å². The Balaban J connectivity index is 1.56. The van der Waals surface area contributed by atoms with Crippen molar-refractivity contribution in [2.24, 2.45) is 0 Å². The molecule has 0 aromatic heterocycles. The van der Waals surface area contributed by atoms with Crippen LogP contribution in [0.3, 0.4) is 0 Å². The maximum absolute atomic E-state index is 12.9. The van der Waals surface area contributed by atoms with Gasteiger partial charge in [0.1, 0.15) is 12.1 Å². The molecule has 0 spiro atoms. The van der Waals surface area contributed by atoms with Crippen LogP contribution < -0.4 is 10.6 Å². The number of carbonyl (C=O) groups is 3. The Labute approximate surface area is 184 Å². The topological polar surface area (TPSA) is 78.5 Å². The highest BCUT2D eigenvalue weighted by Gasteiger charge is 2.47. The third-order valence-corrected chi connectivity index (χ3v) is 6.08. The first-order valence-corrected chi connectivity index (χ1v) is 11.3. The molecule has 31 heavy (non-hydrogen) atoms. The average Bonchev–Trinajstić information content (AvgIpc) is 2.96. The number of hydrogen-bond donors (Lipinski definition) is 2. The molecule has 2 aromatic carbocycles. The third-order valence-electron chi connectivity index (χ3n) is 6.08. The van der Waals surface area contributed by atoms with Gasteiger partial charge in [-0.25, -0.2) is 4.79 Å². The summed E-state index contributed by atoms with van der Waals surface area (Å²) in [5.74, 6) is -0.669. The molecule has 2 atom stereocenters. The van der Waals surface area contributed by atoms with Crippen molar-refractivity contribution < 1.29 is 14.4 Å². The molecule has 1 aliphatic rings. The van der Waals surface area contributed by atoms with Crippen LogP contribution in [0.5, 0.6) is 0 Å². The van der Waals surface area contributed by atoms with Gasteiger partial charge in [0.15, 0.2) is 0 Å². The van der Waals surface area contributed by atoms with Gasteiger partial charge in [0.2, 0.25) is 5.91 Å². The smallest absolute Gasteiger partial charge is 0.325 e. The maximum Gasteiger partial charge on any atom is 0.325 e. The second kappa shape index (κ2) is 9.94. The minimum Gasteiger partial charge on any atom is -0.348 e. The molecule has 0 unspecified atom stereocenters. The van der Waals surface area contributed by atoms with Crippen molar-refractivity contribution in [3.63, 3.8) is 0 Å². The Bertz CT molecular complexity index is 958. The van der Waals surface area contributed by atoms with Crippen LogP contribution in [0.25, 0.3) is 10.8 Å². The van der Waals surface area contributed by atoms with Crippen molar-refractivity contribution in [2.45, 2.75) is 70.9 Å². The summed E-state index contributed by atoms with van der Waals surface area (Å²) in [7, 11) is 0. The summed E-state index contributed by atoms with van der Waals surface area (Å²) in [6.07, 6.45) is 5.98. The first-order valence-electron chi connectivity index (χ1n) is 11.3. The van der Waals surface area contributed by atoms with Gasteiger partial charge in [0.05, 0.1) is 6.04 Å². The van der Waals surface area contributed by atoms with Crippen molar-refractivity contribution >= 4 is 28.6 Å². The molecule has 1 heterocycles. The Morgan fingerprint density at radius 1 is 1.06 bits per heavy atom. The summed E-state index contributed by atoms with van der Waals surface area (Å²) in [4.78, 5) is 38.9. The van der Waals surface area contributed by atoms with Gasteiger partial charge >= 0.3 is 6.03 Å². The second-order valence-corrected chi connectivity index (χ2v) is 8.71. The molecule has 1 fully saturated rings. The van der Waals surface area contributed by atoms with Gasteiger partial charge in [0, 0.05) is 0 Å². The first-order chi connectivity index (χ1) is 14.8. The fraction of sp³-hybridized carbons (Fsp3) is 0.480. The summed E-state index contributed by atoms with van der Waals surface area (Å²) in [6, 6.07) is 13.4. The van der Waals surface area contributed by atoms with Crippen LogP contribution in [-0.4, -0.2) is 34.8 Å². The zero-order chi connectivity index (χ0) is 22.4. The average molecular weight is 424 g/mol. The predicted molar refractivity (Wildman–Crippen MR) is 123 cm³/mol. The van der Waals surface area contributed by atoms with E-state index in [0.29, 0.717) is 6.42 Å². The van der Waals surface area contributed by atoms with Crippen molar-refractivity contribution in [3.8, 4) is 0 Å². The van der Waals surface area contributed by atoms with Crippen LogP contribution in [0.1, 0.15) is 70.9 Å². The SMILES string of the molecule is CCCCCCC[C@]1(C)NC(=O)N(CC(=O)N[C@H](C)c2ccc3ccccc3c2)C1=O. The number of amides is 4. The highest BCUT2D eigenvalue weighted by Crippen LogP contribution is 2.24. The van der Waals surface area contributed by atoms with E-state index in [9.17, 15) is 14.4 Å². The van der Waals surface area contributed by atoms with Gasteiger partial charge in [-0.3, -0.25) is 14.5 Å². The lowest BCUT2D eigenvalue weighted by Gasteiger charge is -2.22. The number of nitrogens with one attached hydrogen (secondary N) is 2. The molecular weight excluding hydrogens is 390 g/mol. The minimum atomic E-state index is -0.923. The molecule has 2 N–H and O–H groups in total. The zero-order valence-corrected chi connectivity index (χ0v) is 18.7. The molecule has 6 nitrogen and oxygen atoms in total. The Kier molecular flexibility index (Phi) is 7.31. The molecular formula is C25H33N3O3. The third kappa shape index (κ3) is 5.43. The molecule has 166 valence electrons. The lowest BCUT2D eigenvalue weighted by atomic mass is 9.94. The quantitative estimate of drug-likeness (QED) is 0.430. The molecule has 0 aliphatic carbocycles. The van der Waals surface area contributed by atoms with Crippen LogP contribution in [0.4, 0.5) is 4.79 Å².